The van der Waals surface area contributed by atoms with Crippen LogP contribution in [0.4, 0.5) is 4.79 Å². The number of aliphatic hydroxyl groups is 1. The molecule has 7 heterocycles. The molecule has 6 aromatic carbocycles. The van der Waals surface area contributed by atoms with E-state index in [0.717, 1.165) is 115 Å². The number of carbonyl (C=O) groups excluding carboxylic acids is 1. The number of nitriles is 1. The molecule has 7 aliphatic rings. The van der Waals surface area contributed by atoms with E-state index in [1.54, 1.807) is 14.2 Å². The van der Waals surface area contributed by atoms with Crippen LogP contribution in [0.5, 0.6) is 46.0 Å². The Morgan fingerprint density at radius 3 is 1.53 bits per heavy atom. The van der Waals surface area contributed by atoms with Crippen molar-refractivity contribution in [3.05, 3.63) is 162 Å². The van der Waals surface area contributed by atoms with Crippen molar-refractivity contribution in [2.75, 3.05) is 48.5 Å². The number of amides is 1. The number of hydrogen-bond donors (Lipinski definition) is 1. The van der Waals surface area contributed by atoms with Gasteiger partial charge in [-0.1, -0.05) is 86.6 Å². The van der Waals surface area contributed by atoms with Crippen molar-refractivity contribution in [1.29, 1.82) is 5.26 Å². The van der Waals surface area contributed by atoms with Gasteiger partial charge >= 0.3 is 6.09 Å². The van der Waals surface area contributed by atoms with E-state index < -0.39 is 5.60 Å². The molecule has 1 fully saturated rings. The number of methoxy groups -OCH3 is 2. The lowest BCUT2D eigenvalue weighted by atomic mass is 9.70. The largest absolute Gasteiger partial charge is 0.496 e. The molecular formula is C74H89N5O11. The first-order valence-corrected chi connectivity index (χ1v) is 32.1. The van der Waals surface area contributed by atoms with Gasteiger partial charge in [-0.25, -0.2) is 4.79 Å². The van der Waals surface area contributed by atoms with Gasteiger partial charge in [0.1, 0.15) is 47.9 Å². The second-order valence-corrected chi connectivity index (χ2v) is 26.6. The molecule has 0 spiro atoms. The average Bonchev–Trinajstić information content (AvgIpc) is 0.999. The van der Waals surface area contributed by atoms with Gasteiger partial charge in [0.25, 0.3) is 0 Å². The number of fused-ring (bicyclic) bond motifs is 13. The predicted octanol–water partition coefficient (Wildman–Crippen LogP) is 13.2. The van der Waals surface area contributed by atoms with Gasteiger partial charge < -0.3 is 47.7 Å². The van der Waals surface area contributed by atoms with Crippen LogP contribution in [0, 0.1) is 52.9 Å². The summed E-state index contributed by atoms with van der Waals surface area (Å²) in [5.41, 5.74) is 17.1. The van der Waals surface area contributed by atoms with Crippen molar-refractivity contribution in [3.8, 4) is 52.1 Å². The zero-order valence-electron chi connectivity index (χ0n) is 55.2. The summed E-state index contributed by atoms with van der Waals surface area (Å²) in [6.07, 6.45) is 3.85. The summed E-state index contributed by atoms with van der Waals surface area (Å²) in [5.74, 6) is 6.40. The minimum absolute atomic E-state index is 0.00595. The third kappa shape index (κ3) is 10.5. The molecule has 2 unspecified atom stereocenters. The highest BCUT2D eigenvalue weighted by Crippen LogP contribution is 2.60. The van der Waals surface area contributed by atoms with Gasteiger partial charge in [0.2, 0.25) is 13.6 Å². The Balaban J connectivity index is 0.000000176. The number of nitrogens with zero attached hydrogens (tertiary/aromatic N) is 5. The summed E-state index contributed by atoms with van der Waals surface area (Å²) in [6.45, 7) is 23.8. The summed E-state index contributed by atoms with van der Waals surface area (Å²) in [5, 5.41) is 21.4. The molecule has 476 valence electrons. The maximum absolute atomic E-state index is 14.5. The summed E-state index contributed by atoms with van der Waals surface area (Å²) < 4.78 is 56.0. The number of likely N-dealkylation sites (N-methyl/N-ethyl adjacent to an activating group) is 2. The Kier molecular flexibility index (Phi) is 17.3. The smallest absolute Gasteiger partial charge is 0.411 e. The molecule has 16 heteroatoms. The zero-order chi connectivity index (χ0) is 63.8. The second kappa shape index (κ2) is 24.8. The number of piperazine rings is 1. The molecule has 0 aromatic heterocycles. The molecular weight excluding hydrogens is 1130 g/mol. The van der Waals surface area contributed by atoms with Crippen LogP contribution in [0.1, 0.15) is 161 Å². The van der Waals surface area contributed by atoms with E-state index in [2.05, 4.69) is 120 Å². The van der Waals surface area contributed by atoms with Gasteiger partial charge in [0.15, 0.2) is 23.0 Å². The summed E-state index contributed by atoms with van der Waals surface area (Å²) in [6, 6.07) is 26.5. The fraction of sp³-hybridized carbons (Fsp3) is 0.486. The van der Waals surface area contributed by atoms with Gasteiger partial charge in [0, 0.05) is 57.5 Å². The Morgan fingerprint density at radius 1 is 0.600 bits per heavy atom. The Hall–Kier alpha value is -7.68. The van der Waals surface area contributed by atoms with Crippen LogP contribution in [0.3, 0.4) is 0 Å². The molecule has 2 bridgehead atoms. The molecule has 0 saturated carbocycles. The normalized spacial score (nSPS) is 23.6. The zero-order valence-corrected chi connectivity index (χ0v) is 55.2. The fourth-order valence-electron chi connectivity index (χ4n) is 16.7. The van der Waals surface area contributed by atoms with Gasteiger partial charge in [-0.05, 0) is 171 Å². The highest BCUT2D eigenvalue weighted by atomic mass is 16.7. The highest BCUT2D eigenvalue weighted by molar-refractivity contribution is 5.74. The number of aliphatic hydroxyl groups excluding tert-OH is 1. The summed E-state index contributed by atoms with van der Waals surface area (Å²) in [4.78, 5) is 23.7. The summed E-state index contributed by atoms with van der Waals surface area (Å²) in [7, 11) is 7.74. The number of hydrogen-bond acceptors (Lipinski definition) is 15. The number of aryl methyl sites for hydroxylation is 2. The van der Waals surface area contributed by atoms with E-state index >= 15 is 0 Å². The minimum atomic E-state index is -0.709. The second-order valence-electron chi connectivity index (χ2n) is 26.6. The predicted molar refractivity (Wildman–Crippen MR) is 345 cm³/mol. The van der Waals surface area contributed by atoms with Crippen molar-refractivity contribution in [1.82, 2.24) is 19.6 Å². The van der Waals surface area contributed by atoms with Crippen LogP contribution in [-0.2, 0) is 43.6 Å². The van der Waals surface area contributed by atoms with Crippen molar-refractivity contribution < 1.29 is 52.5 Å². The van der Waals surface area contributed by atoms with Gasteiger partial charge in [-0.3, -0.25) is 19.6 Å². The third-order valence-electron chi connectivity index (χ3n) is 20.3. The lowest BCUT2D eigenvalue weighted by Crippen LogP contribution is -2.68. The number of carbonyl (C=O) groups is 1. The van der Waals surface area contributed by atoms with Crippen molar-refractivity contribution in [2.45, 2.75) is 188 Å². The topological polar surface area (TPSA) is 157 Å². The fourth-order valence-corrected chi connectivity index (χ4v) is 16.7. The molecule has 0 aliphatic carbocycles. The van der Waals surface area contributed by atoms with Crippen LogP contribution in [0.15, 0.2) is 72.8 Å². The monoisotopic (exact) mass is 1220 g/mol. The Labute approximate surface area is 531 Å². The number of benzene rings is 6. The van der Waals surface area contributed by atoms with Gasteiger partial charge in [0.05, 0.1) is 51.1 Å². The molecule has 9 atom stereocenters. The quantitative estimate of drug-likeness (QED) is 0.123. The van der Waals surface area contributed by atoms with Crippen LogP contribution >= 0.6 is 0 Å². The molecule has 0 radical (unpaired) electrons. The first-order valence-electron chi connectivity index (χ1n) is 32.1. The van der Waals surface area contributed by atoms with E-state index in [1.165, 1.54) is 27.8 Å². The van der Waals surface area contributed by atoms with E-state index in [-0.39, 0.29) is 80.7 Å². The van der Waals surface area contributed by atoms with E-state index in [1.807, 2.05) is 69.0 Å². The Morgan fingerprint density at radius 2 is 1.07 bits per heavy atom. The standard InChI is InChI=1S/C39H50N2O7.C35H39N3O4/c1-10-29-32-28(35(24(4)36-37(32)47-21-46-36)45-20-25-14-12-11-13-15-25)18-30(41(29)38(43)48-39(5,6)7)33-31-23(3)34(44-9)22(2)16-26(31)17-27(19-42)40(33)8;1-7-25-30-24(33(21(4)34-35(30)42-18-41-34)40-17-22-11-9-8-10-12-22)15-27-31-29-20(3)32(39-6)19(2)13-23(29)14-26(37(31)5)28(16-36)38(25)27/h11-16,27,29-30,33,42H,10,17-21H2,1-9H3;8-13,25-28,31H,7,14-15,17-18H2,1-6H3/t27?,29-,30-,33-;25-,26-,27-,28-,31?/m00/s1. The van der Waals surface area contributed by atoms with Crippen LogP contribution in [-0.4, -0.2) is 115 Å². The van der Waals surface area contributed by atoms with Gasteiger partial charge in [-0.15, -0.1) is 0 Å². The summed E-state index contributed by atoms with van der Waals surface area (Å²) >= 11 is 0. The van der Waals surface area contributed by atoms with Crippen molar-refractivity contribution in [3.63, 3.8) is 0 Å². The average molecular weight is 1220 g/mol. The molecule has 13 rings (SSSR count). The molecule has 1 N–H and O–H groups in total. The molecule has 1 saturated heterocycles. The minimum Gasteiger partial charge on any atom is -0.496 e. The first kappa shape index (κ1) is 62.5. The SMILES string of the molecule is CC[C@H]1c2c(c(OCc3ccccc3)c(C)c3c2OCO3)C[C@@H]([C@H]2c3c(cc(C)c(OC)c3C)CC(CO)N2C)N1C(=O)OC(C)(C)C.CC[C@H]1c2c(c(OCc3ccccc3)c(C)c3c2OCO3)C[C@H]2C3c4c(cc(C)c(OC)c4C)C[C@@H]([C@H](C#N)N12)N3C. The molecule has 1 amide bonds. The van der Waals surface area contributed by atoms with Crippen LogP contribution in [0.2, 0.25) is 0 Å². The van der Waals surface area contributed by atoms with Crippen LogP contribution < -0.4 is 37.9 Å². The lowest BCUT2D eigenvalue weighted by molar-refractivity contribution is -0.0732. The molecule has 7 aliphatic heterocycles. The van der Waals surface area contributed by atoms with Crippen molar-refractivity contribution in [2.24, 2.45) is 0 Å². The van der Waals surface area contributed by atoms with Crippen molar-refractivity contribution >= 4 is 6.09 Å². The number of rotatable bonds is 12. The van der Waals surface area contributed by atoms with E-state index in [9.17, 15) is 15.2 Å². The van der Waals surface area contributed by atoms with E-state index in [4.69, 9.17) is 42.6 Å². The highest BCUT2D eigenvalue weighted by Gasteiger charge is 2.57. The third-order valence-corrected chi connectivity index (χ3v) is 20.3. The maximum atomic E-state index is 14.5. The van der Waals surface area contributed by atoms with Gasteiger partial charge in [-0.2, -0.15) is 5.26 Å². The molecule has 16 nitrogen and oxygen atoms in total. The lowest BCUT2D eigenvalue weighted by Gasteiger charge is -2.60. The van der Waals surface area contributed by atoms with Crippen LogP contribution in [0.25, 0.3) is 0 Å². The Bertz CT molecular complexity index is 3770. The first-order chi connectivity index (χ1) is 43.3. The molecule has 6 aromatic rings. The molecule has 90 heavy (non-hydrogen) atoms. The maximum Gasteiger partial charge on any atom is 0.411 e. The number of ether oxygens (including phenoxy) is 9. The van der Waals surface area contributed by atoms with E-state index in [0.29, 0.717) is 44.0 Å².